The lowest BCUT2D eigenvalue weighted by molar-refractivity contribution is 0.0991. The molecule has 0 unspecified atom stereocenters. The summed E-state index contributed by atoms with van der Waals surface area (Å²) in [6.07, 6.45) is 0. The lowest BCUT2D eigenvalue weighted by Crippen LogP contribution is -2.27. The first-order valence-electron chi connectivity index (χ1n) is 6.25. The Hall–Kier alpha value is -1.99. The number of hydrogen-bond donors (Lipinski definition) is 1. The van der Waals surface area contributed by atoms with Crippen molar-refractivity contribution in [2.45, 2.75) is 0 Å². The van der Waals surface area contributed by atoms with Gasteiger partial charge in [0.25, 0.3) is 5.91 Å². The fraction of sp³-hybridized carbons (Fsp3) is 0.133. The Morgan fingerprint density at radius 1 is 1.23 bits per heavy atom. The number of nitrogens with zero attached hydrogens (tertiary/aromatic N) is 1. The van der Waals surface area contributed by atoms with Crippen LogP contribution in [0.1, 0.15) is 10.4 Å². The summed E-state index contributed by atoms with van der Waals surface area (Å²) in [6, 6.07) is 7.99. The quantitative estimate of drug-likeness (QED) is 0.827. The second kappa shape index (κ2) is 6.85. The minimum Gasteiger partial charge on any atom is -0.309 e. The van der Waals surface area contributed by atoms with Crippen molar-refractivity contribution in [2.75, 3.05) is 24.5 Å². The Bertz CT molecular complexity index is 710. The summed E-state index contributed by atoms with van der Waals surface area (Å²) in [6.45, 7) is 0. The minimum absolute atomic E-state index is 0.0107. The summed E-state index contributed by atoms with van der Waals surface area (Å²) in [7, 11) is 2.87. The van der Waals surface area contributed by atoms with Gasteiger partial charge in [-0.3, -0.25) is 15.1 Å². The average Bonchev–Trinajstić information content (AvgIpc) is 2.48. The van der Waals surface area contributed by atoms with E-state index in [9.17, 15) is 13.6 Å². The highest BCUT2D eigenvalue weighted by molar-refractivity contribution is 9.10. The van der Waals surface area contributed by atoms with Crippen LogP contribution in [-0.2, 0) is 4.84 Å². The Morgan fingerprint density at radius 3 is 2.59 bits per heavy atom. The smallest absolute Gasteiger partial charge is 0.259 e. The van der Waals surface area contributed by atoms with Crippen molar-refractivity contribution in [3.05, 3.63) is 58.1 Å². The average molecular weight is 371 g/mol. The molecule has 116 valence electrons. The second-order valence-corrected chi connectivity index (χ2v) is 5.32. The first-order chi connectivity index (χ1) is 10.4. The summed E-state index contributed by atoms with van der Waals surface area (Å²) in [5, 5.41) is 0. The zero-order valence-corrected chi connectivity index (χ0v) is 13.4. The van der Waals surface area contributed by atoms with Crippen LogP contribution in [0.15, 0.2) is 40.9 Å². The van der Waals surface area contributed by atoms with Crippen molar-refractivity contribution in [2.24, 2.45) is 0 Å². The van der Waals surface area contributed by atoms with Crippen LogP contribution < -0.4 is 10.4 Å². The van der Waals surface area contributed by atoms with E-state index in [1.165, 1.54) is 20.2 Å². The monoisotopic (exact) mass is 370 g/mol. The number of benzene rings is 2. The molecular weight excluding hydrogens is 358 g/mol. The molecule has 0 aliphatic carbocycles. The third-order valence-electron chi connectivity index (χ3n) is 2.99. The van der Waals surface area contributed by atoms with Crippen LogP contribution >= 0.6 is 15.9 Å². The molecule has 0 aromatic heterocycles. The lowest BCUT2D eigenvalue weighted by atomic mass is 10.1. The highest BCUT2D eigenvalue weighted by Gasteiger charge is 2.19. The molecule has 1 N–H and O–H groups in total. The normalized spacial score (nSPS) is 10.4. The van der Waals surface area contributed by atoms with Gasteiger partial charge in [-0.25, -0.2) is 8.78 Å². The number of nitrogens with one attached hydrogen (secondary N) is 1. The molecule has 2 aromatic rings. The van der Waals surface area contributed by atoms with Crippen LogP contribution in [0.2, 0.25) is 0 Å². The summed E-state index contributed by atoms with van der Waals surface area (Å²) < 4.78 is 27.3. The molecule has 0 atom stereocenters. The maximum Gasteiger partial charge on any atom is 0.259 e. The van der Waals surface area contributed by atoms with Gasteiger partial charge in [0.05, 0.1) is 24.0 Å². The topological polar surface area (TPSA) is 41.6 Å². The van der Waals surface area contributed by atoms with Crippen LogP contribution in [0, 0.1) is 11.6 Å². The molecule has 0 aliphatic heterocycles. The van der Waals surface area contributed by atoms with E-state index >= 15 is 0 Å². The van der Waals surface area contributed by atoms with Crippen LogP contribution in [-0.4, -0.2) is 20.1 Å². The number of amides is 1. The van der Waals surface area contributed by atoms with Gasteiger partial charge >= 0.3 is 0 Å². The Balaban J connectivity index is 2.36. The van der Waals surface area contributed by atoms with E-state index in [2.05, 4.69) is 21.4 Å². The Morgan fingerprint density at radius 2 is 1.95 bits per heavy atom. The molecular formula is C15H13BrF2N2O2. The molecule has 0 spiro atoms. The number of rotatable bonds is 4. The van der Waals surface area contributed by atoms with Gasteiger partial charge in [0, 0.05) is 17.6 Å². The first-order valence-corrected chi connectivity index (χ1v) is 7.05. The predicted octanol–water partition coefficient (Wildman–Crippen LogP) is 3.98. The molecule has 2 rings (SSSR count). The number of carbonyl (C=O) groups excluding carboxylic acids is 1. The molecule has 0 fully saturated rings. The summed E-state index contributed by atoms with van der Waals surface area (Å²) in [5.41, 5.74) is 3.49. The van der Waals surface area contributed by atoms with E-state index in [1.807, 2.05) is 0 Å². The van der Waals surface area contributed by atoms with Gasteiger partial charge in [-0.2, -0.15) is 0 Å². The van der Waals surface area contributed by atoms with Crippen molar-refractivity contribution in [1.82, 2.24) is 0 Å². The van der Waals surface area contributed by atoms with E-state index < -0.39 is 17.5 Å². The standard InChI is InChI=1S/C15H13BrF2N2O2/c1-20(14-6-3-9(17)7-13(14)18)15(21)11-8-10(19-22-2)4-5-12(11)16/h3-8,19H,1-2H3. The second-order valence-electron chi connectivity index (χ2n) is 4.46. The number of carbonyl (C=O) groups is 1. The van der Waals surface area contributed by atoms with Crippen LogP contribution in [0.5, 0.6) is 0 Å². The molecule has 0 saturated carbocycles. The Labute approximate surface area is 134 Å². The van der Waals surface area contributed by atoms with E-state index in [1.54, 1.807) is 18.2 Å². The lowest BCUT2D eigenvalue weighted by Gasteiger charge is -2.19. The minimum atomic E-state index is -0.807. The summed E-state index contributed by atoms with van der Waals surface area (Å²) in [5.74, 6) is -1.95. The maximum atomic E-state index is 13.8. The van der Waals surface area contributed by atoms with Gasteiger partial charge in [-0.15, -0.1) is 0 Å². The third kappa shape index (κ3) is 3.42. The van der Waals surface area contributed by atoms with Crippen LogP contribution in [0.25, 0.3) is 0 Å². The van der Waals surface area contributed by atoms with Crippen molar-refractivity contribution in [3.8, 4) is 0 Å². The highest BCUT2D eigenvalue weighted by Crippen LogP contribution is 2.26. The fourth-order valence-electron chi connectivity index (χ4n) is 1.91. The van der Waals surface area contributed by atoms with Gasteiger partial charge in [0.2, 0.25) is 0 Å². The van der Waals surface area contributed by atoms with Gasteiger partial charge in [-0.05, 0) is 46.3 Å². The van der Waals surface area contributed by atoms with E-state index in [0.29, 0.717) is 15.7 Å². The molecule has 2 aromatic carbocycles. The highest BCUT2D eigenvalue weighted by atomic mass is 79.9. The molecule has 22 heavy (non-hydrogen) atoms. The predicted molar refractivity (Wildman–Crippen MR) is 83.9 cm³/mol. The number of hydrogen-bond acceptors (Lipinski definition) is 3. The van der Waals surface area contributed by atoms with Crippen LogP contribution in [0.3, 0.4) is 0 Å². The number of anilines is 2. The third-order valence-corrected chi connectivity index (χ3v) is 3.68. The maximum absolute atomic E-state index is 13.8. The van der Waals surface area contributed by atoms with Crippen molar-refractivity contribution in [1.29, 1.82) is 0 Å². The molecule has 1 amide bonds. The molecule has 0 radical (unpaired) electrons. The Kier molecular flexibility index (Phi) is 5.10. The van der Waals surface area contributed by atoms with Crippen molar-refractivity contribution in [3.63, 3.8) is 0 Å². The zero-order valence-electron chi connectivity index (χ0n) is 11.9. The largest absolute Gasteiger partial charge is 0.309 e. The van der Waals surface area contributed by atoms with E-state index in [4.69, 9.17) is 4.84 Å². The molecule has 0 saturated heterocycles. The first kappa shape index (κ1) is 16.4. The molecule has 7 heteroatoms. The molecule has 0 aliphatic rings. The number of halogens is 3. The molecule has 0 heterocycles. The van der Waals surface area contributed by atoms with Gasteiger partial charge in [0.1, 0.15) is 11.6 Å². The molecule has 0 bridgehead atoms. The van der Waals surface area contributed by atoms with Gasteiger partial charge < -0.3 is 4.90 Å². The van der Waals surface area contributed by atoms with Gasteiger partial charge in [0.15, 0.2) is 0 Å². The summed E-state index contributed by atoms with van der Waals surface area (Å²) in [4.78, 5) is 18.4. The van der Waals surface area contributed by atoms with Crippen LogP contribution in [0.4, 0.5) is 20.2 Å². The van der Waals surface area contributed by atoms with Crippen molar-refractivity contribution >= 4 is 33.2 Å². The fourth-order valence-corrected chi connectivity index (χ4v) is 2.33. The zero-order chi connectivity index (χ0) is 16.3. The van der Waals surface area contributed by atoms with Gasteiger partial charge in [-0.1, -0.05) is 0 Å². The van der Waals surface area contributed by atoms with E-state index in [0.717, 1.165) is 17.0 Å². The SMILES string of the molecule is CONc1ccc(Br)c(C(=O)N(C)c2ccc(F)cc2F)c1. The summed E-state index contributed by atoms with van der Waals surface area (Å²) >= 11 is 3.28. The van der Waals surface area contributed by atoms with Crippen molar-refractivity contribution < 1.29 is 18.4 Å². The van der Waals surface area contributed by atoms with E-state index in [-0.39, 0.29) is 5.69 Å². The molecule has 4 nitrogen and oxygen atoms in total.